The third-order valence-electron chi connectivity index (χ3n) is 5.51. The quantitative estimate of drug-likeness (QED) is 0.415. The van der Waals surface area contributed by atoms with Crippen LogP contribution in [-0.2, 0) is 14.4 Å². The summed E-state index contributed by atoms with van der Waals surface area (Å²) >= 11 is 0. The highest BCUT2D eigenvalue weighted by atomic mass is 16.5. The van der Waals surface area contributed by atoms with Crippen LogP contribution in [0.25, 0.3) is 0 Å². The molecule has 1 saturated heterocycles. The van der Waals surface area contributed by atoms with Crippen molar-refractivity contribution in [1.29, 1.82) is 0 Å². The Morgan fingerprint density at radius 2 is 1.83 bits per heavy atom. The van der Waals surface area contributed by atoms with E-state index in [2.05, 4.69) is 5.32 Å². The maximum absolute atomic E-state index is 12.9. The molecule has 1 aliphatic carbocycles. The summed E-state index contributed by atoms with van der Waals surface area (Å²) in [6, 6.07) is 6.94. The summed E-state index contributed by atoms with van der Waals surface area (Å²) in [6.45, 7) is 6.59. The molecule has 6 heteroatoms. The maximum atomic E-state index is 12.9. The molecule has 0 spiro atoms. The lowest BCUT2D eigenvalue weighted by atomic mass is 9.85. The molecule has 0 bridgehead atoms. The lowest BCUT2D eigenvalue weighted by Crippen LogP contribution is -2.51. The first kappa shape index (κ1) is 21.1. The molecule has 1 heterocycles. The van der Waals surface area contributed by atoms with Gasteiger partial charge in [-0.2, -0.15) is 0 Å². The molecule has 2 aliphatic rings. The molecule has 3 amide bonds. The van der Waals surface area contributed by atoms with Crippen LogP contribution in [-0.4, -0.2) is 41.8 Å². The van der Waals surface area contributed by atoms with Crippen LogP contribution in [0.4, 0.5) is 0 Å². The number of imide groups is 1. The van der Waals surface area contributed by atoms with Crippen molar-refractivity contribution < 1.29 is 19.1 Å². The molecule has 1 aliphatic heterocycles. The number of carbonyl (C=O) groups excluding carboxylic acids is 3. The van der Waals surface area contributed by atoms with Gasteiger partial charge in [0, 0.05) is 0 Å². The van der Waals surface area contributed by atoms with Crippen LogP contribution in [0.15, 0.2) is 36.4 Å². The molecular weight excluding hydrogens is 368 g/mol. The Kier molecular flexibility index (Phi) is 6.72. The fourth-order valence-electron chi connectivity index (χ4n) is 4.08. The molecule has 1 aromatic carbocycles. The van der Waals surface area contributed by atoms with Crippen molar-refractivity contribution in [3.8, 4) is 5.75 Å². The van der Waals surface area contributed by atoms with Crippen molar-refractivity contribution in [2.24, 2.45) is 17.8 Å². The number of rotatable bonds is 8. The zero-order chi connectivity index (χ0) is 21.0. The number of fused-ring (bicyclic) bond motifs is 1. The molecule has 3 rings (SSSR count). The number of benzene rings is 1. The van der Waals surface area contributed by atoms with Crippen LogP contribution >= 0.6 is 0 Å². The van der Waals surface area contributed by atoms with Gasteiger partial charge in [-0.1, -0.05) is 38.1 Å². The minimum atomic E-state index is -0.764. The van der Waals surface area contributed by atoms with E-state index in [4.69, 9.17) is 4.74 Å². The number of hydrogen-bond donors (Lipinski definition) is 1. The van der Waals surface area contributed by atoms with E-state index in [0.717, 1.165) is 11.3 Å². The van der Waals surface area contributed by atoms with Crippen molar-refractivity contribution >= 4 is 17.7 Å². The topological polar surface area (TPSA) is 75.7 Å². The molecule has 1 fully saturated rings. The van der Waals surface area contributed by atoms with E-state index < -0.39 is 6.04 Å². The summed E-state index contributed by atoms with van der Waals surface area (Å²) < 4.78 is 5.67. The summed E-state index contributed by atoms with van der Waals surface area (Å²) in [6.07, 6.45) is 5.51. The van der Waals surface area contributed by atoms with Crippen molar-refractivity contribution in [2.75, 3.05) is 13.2 Å². The Labute approximate surface area is 172 Å². The average Bonchev–Trinajstić information content (AvgIpc) is 2.94. The van der Waals surface area contributed by atoms with Crippen LogP contribution < -0.4 is 10.1 Å². The standard InChI is InChI=1S/C23H30N2O4/c1-15(2)13-20(25-22(27)18-9-4-5-10-19(18)23(25)28)21(26)24-11-12-29-17-8-6-7-16(3)14-17/h4-8,14-15,18-20H,9-13H2,1-3H3,(H,24,26). The molecule has 29 heavy (non-hydrogen) atoms. The van der Waals surface area contributed by atoms with Gasteiger partial charge in [-0.05, 0) is 49.8 Å². The zero-order valence-corrected chi connectivity index (χ0v) is 17.4. The lowest BCUT2D eigenvalue weighted by molar-refractivity contribution is -0.148. The summed E-state index contributed by atoms with van der Waals surface area (Å²) in [5, 5.41) is 2.85. The fourth-order valence-corrected chi connectivity index (χ4v) is 4.08. The Balaban J connectivity index is 1.61. The van der Waals surface area contributed by atoms with E-state index in [-0.39, 0.29) is 35.5 Å². The molecule has 3 unspecified atom stereocenters. The number of hydrogen-bond acceptors (Lipinski definition) is 4. The Bertz CT molecular complexity index is 776. The van der Waals surface area contributed by atoms with Crippen LogP contribution in [0.5, 0.6) is 5.75 Å². The third kappa shape index (κ3) is 4.86. The number of nitrogens with one attached hydrogen (secondary N) is 1. The second-order valence-electron chi connectivity index (χ2n) is 8.30. The van der Waals surface area contributed by atoms with E-state index in [1.165, 1.54) is 4.90 Å². The molecule has 6 nitrogen and oxygen atoms in total. The highest BCUT2D eigenvalue weighted by Crippen LogP contribution is 2.37. The molecule has 1 aromatic rings. The molecule has 0 aromatic heterocycles. The number of aryl methyl sites for hydroxylation is 1. The second-order valence-corrected chi connectivity index (χ2v) is 8.30. The first-order valence-electron chi connectivity index (χ1n) is 10.4. The van der Waals surface area contributed by atoms with Gasteiger partial charge in [0.15, 0.2) is 0 Å². The monoisotopic (exact) mass is 398 g/mol. The van der Waals surface area contributed by atoms with Crippen LogP contribution in [0, 0.1) is 24.7 Å². The first-order valence-corrected chi connectivity index (χ1v) is 10.4. The molecule has 156 valence electrons. The van der Waals surface area contributed by atoms with Gasteiger partial charge in [-0.15, -0.1) is 0 Å². The zero-order valence-electron chi connectivity index (χ0n) is 17.4. The van der Waals surface area contributed by atoms with Gasteiger partial charge in [-0.25, -0.2) is 0 Å². The maximum Gasteiger partial charge on any atom is 0.243 e. The molecule has 0 saturated carbocycles. The summed E-state index contributed by atoms with van der Waals surface area (Å²) in [5.41, 5.74) is 1.10. The van der Waals surface area contributed by atoms with E-state index >= 15 is 0 Å². The van der Waals surface area contributed by atoms with Crippen molar-refractivity contribution in [1.82, 2.24) is 10.2 Å². The van der Waals surface area contributed by atoms with E-state index in [9.17, 15) is 14.4 Å². The van der Waals surface area contributed by atoms with Gasteiger partial charge in [0.25, 0.3) is 0 Å². The predicted octanol–water partition coefficient (Wildman–Crippen LogP) is 2.86. The minimum Gasteiger partial charge on any atom is -0.492 e. The number of ether oxygens (including phenoxy) is 1. The van der Waals surface area contributed by atoms with Crippen LogP contribution in [0.3, 0.4) is 0 Å². The van der Waals surface area contributed by atoms with Crippen LogP contribution in [0.1, 0.15) is 38.7 Å². The van der Waals surface area contributed by atoms with Crippen molar-refractivity contribution in [3.63, 3.8) is 0 Å². The Morgan fingerprint density at radius 3 is 2.41 bits per heavy atom. The number of allylic oxidation sites excluding steroid dienone is 2. The average molecular weight is 399 g/mol. The number of carbonyl (C=O) groups is 3. The minimum absolute atomic E-state index is 0.177. The van der Waals surface area contributed by atoms with Gasteiger partial charge < -0.3 is 10.1 Å². The lowest BCUT2D eigenvalue weighted by Gasteiger charge is -2.27. The fraction of sp³-hybridized carbons (Fsp3) is 0.522. The highest BCUT2D eigenvalue weighted by Gasteiger charge is 2.51. The summed E-state index contributed by atoms with van der Waals surface area (Å²) in [4.78, 5) is 39.9. The Hall–Kier alpha value is -2.63. The van der Waals surface area contributed by atoms with Crippen molar-refractivity contribution in [3.05, 3.63) is 42.0 Å². The third-order valence-corrected chi connectivity index (χ3v) is 5.51. The van der Waals surface area contributed by atoms with Crippen molar-refractivity contribution in [2.45, 2.75) is 46.1 Å². The summed E-state index contributed by atoms with van der Waals surface area (Å²) in [7, 11) is 0. The molecule has 3 atom stereocenters. The molecule has 1 N–H and O–H groups in total. The van der Waals surface area contributed by atoms with E-state index in [0.29, 0.717) is 32.4 Å². The summed E-state index contributed by atoms with van der Waals surface area (Å²) in [5.74, 6) is -0.420. The van der Waals surface area contributed by atoms with Gasteiger partial charge in [0.05, 0.1) is 18.4 Å². The first-order chi connectivity index (χ1) is 13.9. The van der Waals surface area contributed by atoms with E-state index in [1.807, 2.05) is 57.2 Å². The number of nitrogens with zero attached hydrogens (tertiary/aromatic N) is 1. The van der Waals surface area contributed by atoms with Crippen LogP contribution in [0.2, 0.25) is 0 Å². The van der Waals surface area contributed by atoms with E-state index in [1.54, 1.807) is 0 Å². The highest BCUT2D eigenvalue weighted by molar-refractivity contribution is 6.08. The van der Waals surface area contributed by atoms with Gasteiger partial charge >= 0.3 is 0 Å². The predicted molar refractivity (Wildman–Crippen MR) is 110 cm³/mol. The van der Waals surface area contributed by atoms with Gasteiger partial charge in [-0.3, -0.25) is 19.3 Å². The number of amides is 3. The SMILES string of the molecule is Cc1cccc(OCCNC(=O)C(CC(C)C)N2C(=O)C3CC=CCC3C2=O)c1. The largest absolute Gasteiger partial charge is 0.492 e. The smallest absolute Gasteiger partial charge is 0.243 e. The second kappa shape index (κ2) is 9.25. The number of likely N-dealkylation sites (tertiary alicyclic amines) is 1. The van der Waals surface area contributed by atoms with Gasteiger partial charge in [0.1, 0.15) is 18.4 Å². The Morgan fingerprint density at radius 1 is 1.17 bits per heavy atom. The van der Waals surface area contributed by atoms with Gasteiger partial charge in [0.2, 0.25) is 17.7 Å². The molecule has 0 radical (unpaired) electrons. The normalized spacial score (nSPS) is 22.0. The molecular formula is C23H30N2O4.